The van der Waals surface area contributed by atoms with Crippen LogP contribution in [0, 0.1) is 0 Å². The lowest BCUT2D eigenvalue weighted by Crippen LogP contribution is -2.40. The predicted molar refractivity (Wildman–Crippen MR) is 97.2 cm³/mol. The fourth-order valence-corrected chi connectivity index (χ4v) is 4.40. The second-order valence-electron chi connectivity index (χ2n) is 6.03. The first-order valence-corrected chi connectivity index (χ1v) is 10.4. The smallest absolute Gasteiger partial charge is 0.220 e. The van der Waals surface area contributed by atoms with Gasteiger partial charge in [0.15, 0.2) is 5.78 Å². The summed E-state index contributed by atoms with van der Waals surface area (Å²) in [5, 5.41) is 2.93. The molecule has 1 fully saturated rings. The number of benzene rings is 1. The second-order valence-corrected chi connectivity index (χ2v) is 8.52. The molecule has 1 heterocycles. The van der Waals surface area contributed by atoms with Gasteiger partial charge in [-0.25, -0.2) is 12.7 Å². The summed E-state index contributed by atoms with van der Waals surface area (Å²) in [4.78, 5) is 23.9. The number of carbonyl (C=O) groups is 2. The quantitative estimate of drug-likeness (QED) is 0.694. The molecular weight excluding hydrogens is 364 g/mol. The lowest BCUT2D eigenvalue weighted by atomic mass is 10.1. The van der Waals surface area contributed by atoms with Crippen molar-refractivity contribution < 1.29 is 18.0 Å². The van der Waals surface area contributed by atoms with Crippen molar-refractivity contribution in [3.63, 3.8) is 0 Å². The summed E-state index contributed by atoms with van der Waals surface area (Å²) in [6.45, 7) is 1.17. The van der Waals surface area contributed by atoms with E-state index in [1.165, 1.54) is 4.31 Å². The number of halogens is 1. The van der Waals surface area contributed by atoms with E-state index in [0.29, 0.717) is 23.7 Å². The van der Waals surface area contributed by atoms with Gasteiger partial charge in [0.1, 0.15) is 0 Å². The summed E-state index contributed by atoms with van der Waals surface area (Å²) in [6, 6.07) is 6.69. The molecule has 138 valence electrons. The van der Waals surface area contributed by atoms with Crippen LogP contribution in [0.2, 0.25) is 5.02 Å². The van der Waals surface area contributed by atoms with Gasteiger partial charge in [0, 0.05) is 38.0 Å². The molecular formula is C17H23ClN2O4S. The average Bonchev–Trinajstić information content (AvgIpc) is 2.60. The van der Waals surface area contributed by atoms with Gasteiger partial charge in [-0.3, -0.25) is 9.59 Å². The molecule has 1 saturated heterocycles. The number of ketones is 1. The molecule has 1 aromatic carbocycles. The number of piperidine rings is 1. The van der Waals surface area contributed by atoms with Crippen LogP contribution >= 0.6 is 11.6 Å². The van der Waals surface area contributed by atoms with Gasteiger partial charge in [-0.05, 0) is 25.0 Å². The van der Waals surface area contributed by atoms with Gasteiger partial charge in [0.25, 0.3) is 0 Å². The van der Waals surface area contributed by atoms with Crippen molar-refractivity contribution in [2.45, 2.75) is 32.1 Å². The molecule has 0 radical (unpaired) electrons. The molecule has 1 N–H and O–H groups in total. The summed E-state index contributed by atoms with van der Waals surface area (Å²) in [7, 11) is -3.32. The SMILES string of the molecule is O=C(CCC(=O)c1ccccc1Cl)NCCS(=O)(=O)N1CCCCC1. The first kappa shape index (κ1) is 19.9. The Kier molecular flexibility index (Phi) is 7.40. The third kappa shape index (κ3) is 6.09. The van der Waals surface area contributed by atoms with Crippen LogP contribution in [0.5, 0.6) is 0 Å². The Morgan fingerprint density at radius 2 is 1.76 bits per heavy atom. The van der Waals surface area contributed by atoms with Crippen molar-refractivity contribution in [1.29, 1.82) is 0 Å². The summed E-state index contributed by atoms with van der Waals surface area (Å²) in [6.07, 6.45) is 2.87. The molecule has 8 heteroatoms. The van der Waals surface area contributed by atoms with Gasteiger partial charge in [-0.15, -0.1) is 0 Å². The fourth-order valence-electron chi connectivity index (χ4n) is 2.73. The van der Waals surface area contributed by atoms with Gasteiger partial charge < -0.3 is 5.32 Å². The average molecular weight is 387 g/mol. The maximum atomic E-state index is 12.2. The first-order valence-electron chi connectivity index (χ1n) is 8.42. The Labute approximate surface area is 153 Å². The number of nitrogens with zero attached hydrogens (tertiary/aromatic N) is 1. The zero-order chi connectivity index (χ0) is 18.3. The number of hydrogen-bond acceptors (Lipinski definition) is 4. The normalized spacial score (nSPS) is 15.7. The number of hydrogen-bond donors (Lipinski definition) is 1. The number of Topliss-reactive ketones (excluding diaryl/α,β-unsaturated/α-hetero) is 1. The standard InChI is InChI=1S/C17H23ClN2O4S/c18-15-7-3-2-6-14(15)16(21)8-9-17(22)19-10-13-25(23,24)20-11-4-1-5-12-20/h2-3,6-7H,1,4-5,8-13H2,(H,19,22). The van der Waals surface area contributed by atoms with Gasteiger partial charge >= 0.3 is 0 Å². The largest absolute Gasteiger partial charge is 0.355 e. The highest BCUT2D eigenvalue weighted by atomic mass is 35.5. The van der Waals surface area contributed by atoms with E-state index < -0.39 is 10.0 Å². The number of sulfonamides is 1. The lowest BCUT2D eigenvalue weighted by molar-refractivity contribution is -0.120. The second kappa shape index (κ2) is 9.31. The minimum atomic E-state index is -3.32. The maximum Gasteiger partial charge on any atom is 0.220 e. The van der Waals surface area contributed by atoms with E-state index in [1.54, 1.807) is 24.3 Å². The third-order valence-corrected chi connectivity index (χ3v) is 6.35. The molecule has 1 aliphatic rings. The molecule has 0 aliphatic carbocycles. The Hall–Kier alpha value is -1.44. The van der Waals surface area contributed by atoms with Crippen molar-refractivity contribution in [2.24, 2.45) is 0 Å². The van der Waals surface area contributed by atoms with Crippen LogP contribution in [0.1, 0.15) is 42.5 Å². The van der Waals surface area contributed by atoms with Crippen molar-refractivity contribution >= 4 is 33.3 Å². The summed E-state index contributed by atoms with van der Waals surface area (Å²) in [5.41, 5.74) is 0.393. The highest BCUT2D eigenvalue weighted by molar-refractivity contribution is 7.89. The third-order valence-electron chi connectivity index (χ3n) is 4.14. The minimum Gasteiger partial charge on any atom is -0.355 e. The first-order chi connectivity index (χ1) is 11.9. The molecule has 0 saturated carbocycles. The van der Waals surface area contributed by atoms with Gasteiger partial charge in [-0.1, -0.05) is 30.2 Å². The Morgan fingerprint density at radius 3 is 2.44 bits per heavy atom. The van der Waals surface area contributed by atoms with Gasteiger partial charge in [0.2, 0.25) is 15.9 Å². The van der Waals surface area contributed by atoms with E-state index in [1.807, 2.05) is 0 Å². The van der Waals surface area contributed by atoms with E-state index in [2.05, 4.69) is 5.32 Å². The molecule has 6 nitrogen and oxygen atoms in total. The van der Waals surface area contributed by atoms with E-state index >= 15 is 0 Å². The highest BCUT2D eigenvalue weighted by Gasteiger charge is 2.23. The Bertz CT molecular complexity index is 715. The summed E-state index contributed by atoms with van der Waals surface area (Å²) in [5.74, 6) is -0.659. The predicted octanol–water partition coefficient (Wildman–Crippen LogP) is 2.23. The van der Waals surface area contributed by atoms with Crippen LogP contribution in [-0.2, 0) is 14.8 Å². The molecule has 0 unspecified atom stereocenters. The van der Waals surface area contributed by atoms with E-state index in [0.717, 1.165) is 19.3 Å². The summed E-state index contributed by atoms with van der Waals surface area (Å²) < 4.78 is 25.8. The van der Waals surface area contributed by atoms with Crippen molar-refractivity contribution in [3.05, 3.63) is 34.9 Å². The molecule has 1 aromatic rings. The zero-order valence-corrected chi connectivity index (χ0v) is 15.6. The van der Waals surface area contributed by atoms with E-state index in [9.17, 15) is 18.0 Å². The topological polar surface area (TPSA) is 83.5 Å². The van der Waals surface area contributed by atoms with Crippen LogP contribution in [0.4, 0.5) is 0 Å². The minimum absolute atomic E-state index is 0.00776. The van der Waals surface area contributed by atoms with Crippen LogP contribution in [0.15, 0.2) is 24.3 Å². The van der Waals surface area contributed by atoms with E-state index in [4.69, 9.17) is 11.6 Å². The van der Waals surface area contributed by atoms with Crippen molar-refractivity contribution in [3.8, 4) is 0 Å². The van der Waals surface area contributed by atoms with Crippen LogP contribution in [-0.4, -0.2) is 49.8 Å². The lowest BCUT2D eigenvalue weighted by Gasteiger charge is -2.25. The number of rotatable bonds is 8. The van der Waals surface area contributed by atoms with Crippen LogP contribution in [0.25, 0.3) is 0 Å². The summed E-state index contributed by atoms with van der Waals surface area (Å²) >= 11 is 5.95. The number of nitrogens with one attached hydrogen (secondary N) is 1. The molecule has 0 bridgehead atoms. The molecule has 1 aliphatic heterocycles. The molecule has 0 aromatic heterocycles. The fraction of sp³-hybridized carbons (Fsp3) is 0.529. The van der Waals surface area contributed by atoms with Gasteiger partial charge in [-0.2, -0.15) is 0 Å². The Morgan fingerprint density at radius 1 is 1.08 bits per heavy atom. The molecule has 2 rings (SSSR count). The van der Waals surface area contributed by atoms with Crippen LogP contribution < -0.4 is 5.32 Å². The zero-order valence-electron chi connectivity index (χ0n) is 14.0. The highest BCUT2D eigenvalue weighted by Crippen LogP contribution is 2.17. The molecule has 1 amide bonds. The maximum absolute atomic E-state index is 12.2. The Balaban J connectivity index is 1.72. The van der Waals surface area contributed by atoms with Crippen molar-refractivity contribution in [2.75, 3.05) is 25.4 Å². The molecule has 0 spiro atoms. The monoisotopic (exact) mass is 386 g/mol. The number of amides is 1. The number of carbonyl (C=O) groups excluding carboxylic acids is 2. The van der Waals surface area contributed by atoms with Crippen LogP contribution in [0.3, 0.4) is 0 Å². The molecule has 0 atom stereocenters. The van der Waals surface area contributed by atoms with E-state index in [-0.39, 0.29) is 36.8 Å². The molecule has 25 heavy (non-hydrogen) atoms. The van der Waals surface area contributed by atoms with Crippen molar-refractivity contribution in [1.82, 2.24) is 9.62 Å². The van der Waals surface area contributed by atoms with Gasteiger partial charge in [0.05, 0.1) is 10.8 Å².